The van der Waals surface area contributed by atoms with E-state index in [0.717, 1.165) is 34.4 Å². The lowest BCUT2D eigenvalue weighted by Gasteiger charge is -1.91. The Balaban J connectivity index is 0.00000121. The second-order valence-corrected chi connectivity index (χ2v) is 4.57. The molecule has 114 valence electrons. The van der Waals surface area contributed by atoms with Crippen LogP contribution in [-0.2, 0) is 6.42 Å². The predicted molar refractivity (Wildman–Crippen MR) is 95.8 cm³/mol. The van der Waals surface area contributed by atoms with E-state index in [4.69, 9.17) is 5.73 Å². The minimum Gasteiger partial charge on any atom is -0.342 e. The molecule has 2 aromatic carbocycles. The lowest BCUT2D eigenvalue weighted by molar-refractivity contribution is 0.900. The maximum atomic E-state index is 5.54. The Morgan fingerprint density at radius 1 is 0.955 bits per heavy atom. The van der Waals surface area contributed by atoms with Crippen molar-refractivity contribution in [3.8, 4) is 11.8 Å². The highest BCUT2D eigenvalue weighted by molar-refractivity contribution is 5.85. The Hall–Kier alpha value is -1.99. The van der Waals surface area contributed by atoms with Crippen LogP contribution in [-0.4, -0.2) is 16.5 Å². The van der Waals surface area contributed by atoms with Crippen molar-refractivity contribution in [1.82, 2.24) is 9.97 Å². The standard InChI is InChI=1S/C17H15N3.2ClH/c18-11-10-17-19-15-9-8-14(12-16(15)20-17)7-6-13-4-2-1-3-5-13;;/h1-5,8-9,12H,10-11,18H2,(H,19,20);2*1H. The highest BCUT2D eigenvalue weighted by atomic mass is 35.5. The van der Waals surface area contributed by atoms with Gasteiger partial charge in [-0.2, -0.15) is 0 Å². The van der Waals surface area contributed by atoms with E-state index in [9.17, 15) is 0 Å². The van der Waals surface area contributed by atoms with E-state index in [2.05, 4.69) is 21.8 Å². The van der Waals surface area contributed by atoms with Crippen LogP contribution >= 0.6 is 24.8 Å². The fourth-order valence-electron chi connectivity index (χ4n) is 2.06. The monoisotopic (exact) mass is 333 g/mol. The maximum Gasteiger partial charge on any atom is 0.108 e. The van der Waals surface area contributed by atoms with Gasteiger partial charge in [0.2, 0.25) is 0 Å². The van der Waals surface area contributed by atoms with Crippen LogP contribution in [0.3, 0.4) is 0 Å². The first-order chi connectivity index (χ1) is 9.85. The van der Waals surface area contributed by atoms with E-state index >= 15 is 0 Å². The molecule has 1 heterocycles. The summed E-state index contributed by atoms with van der Waals surface area (Å²) in [6.07, 6.45) is 0.764. The minimum atomic E-state index is 0. The van der Waals surface area contributed by atoms with Gasteiger partial charge in [0.1, 0.15) is 5.82 Å². The number of aromatic amines is 1. The summed E-state index contributed by atoms with van der Waals surface area (Å²) in [6.45, 7) is 0.598. The summed E-state index contributed by atoms with van der Waals surface area (Å²) in [5.41, 5.74) is 9.48. The molecule has 0 saturated heterocycles. The summed E-state index contributed by atoms with van der Waals surface area (Å²) in [4.78, 5) is 7.77. The van der Waals surface area contributed by atoms with E-state index in [1.165, 1.54) is 0 Å². The normalized spacial score (nSPS) is 9.32. The Labute approximate surface area is 142 Å². The van der Waals surface area contributed by atoms with Gasteiger partial charge in [-0.1, -0.05) is 30.0 Å². The molecule has 3 N–H and O–H groups in total. The second-order valence-electron chi connectivity index (χ2n) is 4.57. The molecule has 0 amide bonds. The number of halogens is 2. The second kappa shape index (κ2) is 8.45. The van der Waals surface area contributed by atoms with E-state index in [0.29, 0.717) is 6.54 Å². The fraction of sp³-hybridized carbons (Fsp3) is 0.118. The zero-order valence-electron chi connectivity index (χ0n) is 11.9. The van der Waals surface area contributed by atoms with E-state index < -0.39 is 0 Å². The Morgan fingerprint density at radius 2 is 1.68 bits per heavy atom. The zero-order valence-corrected chi connectivity index (χ0v) is 13.5. The van der Waals surface area contributed by atoms with Gasteiger partial charge in [0.05, 0.1) is 11.0 Å². The number of rotatable bonds is 2. The van der Waals surface area contributed by atoms with Crippen LogP contribution in [0.15, 0.2) is 48.5 Å². The average molecular weight is 334 g/mol. The number of hydrogen-bond acceptors (Lipinski definition) is 2. The molecular weight excluding hydrogens is 317 g/mol. The smallest absolute Gasteiger partial charge is 0.108 e. The molecule has 5 heteroatoms. The molecule has 0 saturated carbocycles. The molecule has 1 aromatic heterocycles. The molecule has 0 fully saturated rings. The third kappa shape index (κ3) is 4.25. The lowest BCUT2D eigenvalue weighted by atomic mass is 10.1. The van der Waals surface area contributed by atoms with Crippen molar-refractivity contribution >= 4 is 35.8 Å². The van der Waals surface area contributed by atoms with Gasteiger partial charge in [-0.15, -0.1) is 24.8 Å². The molecule has 0 unspecified atom stereocenters. The van der Waals surface area contributed by atoms with Crippen LogP contribution in [0.2, 0.25) is 0 Å². The van der Waals surface area contributed by atoms with Gasteiger partial charge in [-0.25, -0.2) is 4.98 Å². The first-order valence-corrected chi connectivity index (χ1v) is 6.61. The lowest BCUT2D eigenvalue weighted by Crippen LogP contribution is -2.03. The number of imidazole rings is 1. The molecule has 0 spiro atoms. The van der Waals surface area contributed by atoms with Crippen molar-refractivity contribution in [1.29, 1.82) is 0 Å². The molecule has 0 atom stereocenters. The number of nitrogens with two attached hydrogens (primary N) is 1. The van der Waals surface area contributed by atoms with Gasteiger partial charge in [0.25, 0.3) is 0 Å². The molecule has 22 heavy (non-hydrogen) atoms. The van der Waals surface area contributed by atoms with Crippen molar-refractivity contribution in [2.45, 2.75) is 6.42 Å². The summed E-state index contributed by atoms with van der Waals surface area (Å²) in [5, 5.41) is 0. The summed E-state index contributed by atoms with van der Waals surface area (Å²) in [5.74, 6) is 7.24. The number of fused-ring (bicyclic) bond motifs is 1. The Kier molecular flexibility index (Phi) is 6.94. The van der Waals surface area contributed by atoms with Crippen LogP contribution in [0.25, 0.3) is 11.0 Å². The van der Waals surface area contributed by atoms with Crippen LogP contribution in [0, 0.1) is 11.8 Å². The number of nitrogens with one attached hydrogen (secondary N) is 1. The molecular formula is C17H17Cl2N3. The Morgan fingerprint density at radius 3 is 2.41 bits per heavy atom. The number of H-pyrrole nitrogens is 1. The number of benzene rings is 2. The molecule has 0 radical (unpaired) electrons. The highest BCUT2D eigenvalue weighted by Crippen LogP contribution is 2.13. The third-order valence-electron chi connectivity index (χ3n) is 3.04. The minimum absolute atomic E-state index is 0. The van der Waals surface area contributed by atoms with Crippen molar-refractivity contribution in [2.24, 2.45) is 5.73 Å². The van der Waals surface area contributed by atoms with Crippen molar-refractivity contribution < 1.29 is 0 Å². The molecule has 3 aromatic rings. The Bertz CT molecular complexity index is 786. The van der Waals surface area contributed by atoms with Gasteiger partial charge in [0, 0.05) is 17.5 Å². The average Bonchev–Trinajstić information content (AvgIpc) is 2.88. The third-order valence-corrected chi connectivity index (χ3v) is 3.04. The van der Waals surface area contributed by atoms with E-state index in [1.807, 2.05) is 48.5 Å². The van der Waals surface area contributed by atoms with E-state index in [-0.39, 0.29) is 24.8 Å². The molecule has 0 aliphatic rings. The van der Waals surface area contributed by atoms with Crippen LogP contribution in [0.4, 0.5) is 0 Å². The fourth-order valence-corrected chi connectivity index (χ4v) is 2.06. The molecule has 3 nitrogen and oxygen atoms in total. The summed E-state index contributed by atoms with van der Waals surface area (Å²) in [6, 6.07) is 16.0. The molecule has 0 aliphatic carbocycles. The van der Waals surface area contributed by atoms with Crippen molar-refractivity contribution in [3.05, 3.63) is 65.5 Å². The van der Waals surface area contributed by atoms with Gasteiger partial charge < -0.3 is 10.7 Å². The van der Waals surface area contributed by atoms with Gasteiger partial charge in [-0.05, 0) is 36.9 Å². The molecule has 0 bridgehead atoms. The molecule has 3 rings (SSSR count). The highest BCUT2D eigenvalue weighted by Gasteiger charge is 2.02. The topological polar surface area (TPSA) is 54.7 Å². The predicted octanol–water partition coefficient (Wildman–Crippen LogP) is 3.31. The summed E-state index contributed by atoms with van der Waals surface area (Å²) >= 11 is 0. The number of aromatic nitrogens is 2. The number of nitrogens with zero attached hydrogens (tertiary/aromatic N) is 1. The SMILES string of the molecule is Cl.Cl.NCCc1nc2cc(C#Cc3ccccc3)ccc2[nH]1. The first-order valence-electron chi connectivity index (χ1n) is 6.61. The van der Waals surface area contributed by atoms with Crippen molar-refractivity contribution in [3.63, 3.8) is 0 Å². The largest absolute Gasteiger partial charge is 0.342 e. The summed E-state index contributed by atoms with van der Waals surface area (Å²) in [7, 11) is 0. The van der Waals surface area contributed by atoms with Gasteiger partial charge in [-0.3, -0.25) is 0 Å². The van der Waals surface area contributed by atoms with E-state index in [1.54, 1.807) is 0 Å². The van der Waals surface area contributed by atoms with Gasteiger partial charge >= 0.3 is 0 Å². The first kappa shape index (κ1) is 18.1. The molecule has 0 aliphatic heterocycles. The zero-order chi connectivity index (χ0) is 13.8. The van der Waals surface area contributed by atoms with Crippen LogP contribution < -0.4 is 5.73 Å². The quantitative estimate of drug-likeness (QED) is 0.707. The van der Waals surface area contributed by atoms with Crippen molar-refractivity contribution in [2.75, 3.05) is 6.54 Å². The maximum absolute atomic E-state index is 5.54. The van der Waals surface area contributed by atoms with Gasteiger partial charge in [0.15, 0.2) is 0 Å². The van der Waals surface area contributed by atoms with Crippen LogP contribution in [0.1, 0.15) is 17.0 Å². The van der Waals surface area contributed by atoms with Crippen LogP contribution in [0.5, 0.6) is 0 Å². The number of hydrogen-bond donors (Lipinski definition) is 2. The summed E-state index contributed by atoms with van der Waals surface area (Å²) < 4.78 is 0.